The Bertz CT molecular complexity index is 736. The van der Waals surface area contributed by atoms with Gasteiger partial charge in [-0.2, -0.15) is 0 Å². The molecular formula is C15H14ClN3O4. The fourth-order valence-corrected chi connectivity index (χ4v) is 2.07. The zero-order valence-electron chi connectivity index (χ0n) is 12.2. The standard InChI is InChI=1S/C15H14ClN3O4/c1-23-14-6-5-12(19(21)22)8-13(14)18-15(20)9-17-11-4-2-3-10(16)7-11/h2-8,17H,9H2,1H3,(H,18,20). The van der Waals surface area contributed by atoms with Crippen LogP contribution in [0.1, 0.15) is 0 Å². The molecule has 120 valence electrons. The van der Waals surface area contributed by atoms with E-state index in [-0.39, 0.29) is 23.8 Å². The Balaban J connectivity index is 2.04. The Kier molecular flexibility index (Phi) is 5.37. The first-order chi connectivity index (χ1) is 11.0. The highest BCUT2D eigenvalue weighted by Crippen LogP contribution is 2.28. The average molecular weight is 336 g/mol. The zero-order valence-corrected chi connectivity index (χ0v) is 13.0. The van der Waals surface area contributed by atoms with E-state index in [9.17, 15) is 14.9 Å². The molecule has 2 aromatic rings. The van der Waals surface area contributed by atoms with Crippen molar-refractivity contribution in [1.29, 1.82) is 0 Å². The summed E-state index contributed by atoms with van der Waals surface area (Å²) in [4.78, 5) is 22.3. The topological polar surface area (TPSA) is 93.5 Å². The van der Waals surface area contributed by atoms with Crippen LogP contribution >= 0.6 is 11.6 Å². The minimum atomic E-state index is -0.542. The van der Waals surface area contributed by atoms with Crippen molar-refractivity contribution in [2.45, 2.75) is 0 Å². The van der Waals surface area contributed by atoms with Crippen LogP contribution in [0.25, 0.3) is 0 Å². The van der Waals surface area contributed by atoms with Gasteiger partial charge in [0.15, 0.2) is 0 Å². The van der Waals surface area contributed by atoms with Gasteiger partial charge in [-0.15, -0.1) is 0 Å². The van der Waals surface area contributed by atoms with Crippen molar-refractivity contribution in [1.82, 2.24) is 0 Å². The zero-order chi connectivity index (χ0) is 16.8. The van der Waals surface area contributed by atoms with E-state index < -0.39 is 4.92 Å². The molecule has 0 aliphatic carbocycles. The van der Waals surface area contributed by atoms with Gasteiger partial charge in [-0.05, 0) is 24.3 Å². The van der Waals surface area contributed by atoms with Crippen LogP contribution in [0.4, 0.5) is 17.1 Å². The second kappa shape index (κ2) is 7.46. The van der Waals surface area contributed by atoms with Crippen molar-refractivity contribution < 1.29 is 14.5 Å². The second-order valence-electron chi connectivity index (χ2n) is 4.55. The number of halogens is 1. The van der Waals surface area contributed by atoms with Gasteiger partial charge in [-0.25, -0.2) is 0 Å². The number of nitrogens with zero attached hydrogens (tertiary/aromatic N) is 1. The molecule has 0 aromatic heterocycles. The van der Waals surface area contributed by atoms with Crippen LogP contribution in [0.3, 0.4) is 0 Å². The lowest BCUT2D eigenvalue weighted by atomic mass is 10.2. The molecule has 0 bridgehead atoms. The Hall–Kier alpha value is -2.80. The van der Waals surface area contributed by atoms with Gasteiger partial charge >= 0.3 is 0 Å². The molecule has 0 unspecified atom stereocenters. The summed E-state index contributed by atoms with van der Waals surface area (Å²) in [6.07, 6.45) is 0. The summed E-state index contributed by atoms with van der Waals surface area (Å²) in [7, 11) is 1.42. The van der Waals surface area contributed by atoms with Gasteiger partial charge in [0.05, 0.1) is 24.3 Å². The van der Waals surface area contributed by atoms with Crippen molar-refractivity contribution in [3.63, 3.8) is 0 Å². The summed E-state index contributed by atoms with van der Waals surface area (Å²) >= 11 is 5.86. The molecule has 0 saturated carbocycles. The number of carbonyl (C=O) groups excluding carboxylic acids is 1. The molecule has 2 rings (SSSR count). The molecule has 0 aliphatic rings. The molecule has 0 aliphatic heterocycles. The fraction of sp³-hybridized carbons (Fsp3) is 0.133. The highest BCUT2D eigenvalue weighted by molar-refractivity contribution is 6.30. The molecule has 0 saturated heterocycles. The van der Waals surface area contributed by atoms with E-state index in [1.807, 2.05) is 0 Å². The number of carbonyl (C=O) groups is 1. The van der Waals surface area contributed by atoms with Crippen LogP contribution in [-0.2, 0) is 4.79 Å². The van der Waals surface area contributed by atoms with Crippen LogP contribution in [0.5, 0.6) is 5.75 Å². The third-order valence-electron chi connectivity index (χ3n) is 2.95. The molecule has 0 heterocycles. The predicted octanol–water partition coefficient (Wildman–Crippen LogP) is 3.31. The molecular weight excluding hydrogens is 322 g/mol. The van der Waals surface area contributed by atoms with Gasteiger partial charge in [-0.3, -0.25) is 14.9 Å². The first-order valence-electron chi connectivity index (χ1n) is 6.61. The van der Waals surface area contributed by atoms with E-state index in [2.05, 4.69) is 10.6 Å². The molecule has 0 radical (unpaired) electrons. The summed E-state index contributed by atoms with van der Waals surface area (Å²) < 4.78 is 5.08. The Morgan fingerprint density at radius 3 is 2.74 bits per heavy atom. The maximum atomic E-state index is 12.0. The lowest BCUT2D eigenvalue weighted by Gasteiger charge is -2.11. The van der Waals surface area contributed by atoms with Gasteiger partial charge < -0.3 is 15.4 Å². The van der Waals surface area contributed by atoms with E-state index >= 15 is 0 Å². The minimum Gasteiger partial charge on any atom is -0.495 e. The van der Waals surface area contributed by atoms with Crippen LogP contribution in [0.2, 0.25) is 5.02 Å². The highest BCUT2D eigenvalue weighted by Gasteiger charge is 2.13. The number of hydrogen-bond acceptors (Lipinski definition) is 5. The number of rotatable bonds is 6. The summed E-state index contributed by atoms with van der Waals surface area (Å²) in [5, 5.41) is 16.8. The number of nitro benzene ring substituents is 1. The van der Waals surface area contributed by atoms with Gasteiger partial charge in [0, 0.05) is 22.8 Å². The third kappa shape index (κ3) is 4.58. The van der Waals surface area contributed by atoms with Crippen molar-refractivity contribution in [3.05, 3.63) is 57.6 Å². The van der Waals surface area contributed by atoms with Crippen molar-refractivity contribution in [2.75, 3.05) is 24.3 Å². The molecule has 0 fully saturated rings. The number of non-ortho nitro benzene ring substituents is 1. The number of hydrogen-bond donors (Lipinski definition) is 2. The lowest BCUT2D eigenvalue weighted by Crippen LogP contribution is -2.22. The Morgan fingerprint density at radius 2 is 2.09 bits per heavy atom. The third-order valence-corrected chi connectivity index (χ3v) is 3.18. The second-order valence-corrected chi connectivity index (χ2v) is 4.99. The van der Waals surface area contributed by atoms with Gasteiger partial charge in [-0.1, -0.05) is 17.7 Å². The molecule has 2 aromatic carbocycles. The number of nitro groups is 1. The first kappa shape index (κ1) is 16.6. The number of benzene rings is 2. The van der Waals surface area contributed by atoms with Crippen LogP contribution < -0.4 is 15.4 Å². The maximum Gasteiger partial charge on any atom is 0.271 e. The van der Waals surface area contributed by atoms with E-state index in [0.717, 1.165) is 0 Å². The maximum absolute atomic E-state index is 12.0. The van der Waals surface area contributed by atoms with Gasteiger partial charge in [0.1, 0.15) is 5.75 Å². The number of amides is 1. The smallest absolute Gasteiger partial charge is 0.271 e. The number of ether oxygens (including phenoxy) is 1. The summed E-state index contributed by atoms with van der Waals surface area (Å²) in [5.41, 5.74) is 0.794. The lowest BCUT2D eigenvalue weighted by molar-refractivity contribution is -0.384. The fourth-order valence-electron chi connectivity index (χ4n) is 1.88. The van der Waals surface area contributed by atoms with E-state index in [0.29, 0.717) is 16.5 Å². The van der Waals surface area contributed by atoms with Crippen molar-refractivity contribution >= 4 is 34.6 Å². The number of nitrogens with one attached hydrogen (secondary N) is 2. The van der Waals surface area contributed by atoms with Gasteiger partial charge in [0.2, 0.25) is 5.91 Å². The molecule has 0 atom stereocenters. The molecule has 0 spiro atoms. The quantitative estimate of drug-likeness (QED) is 0.624. The largest absolute Gasteiger partial charge is 0.495 e. The molecule has 1 amide bonds. The monoisotopic (exact) mass is 335 g/mol. The van der Waals surface area contributed by atoms with Crippen molar-refractivity contribution in [3.8, 4) is 5.75 Å². The van der Waals surface area contributed by atoms with E-state index in [4.69, 9.17) is 16.3 Å². The van der Waals surface area contributed by atoms with Crippen molar-refractivity contribution in [2.24, 2.45) is 0 Å². The van der Waals surface area contributed by atoms with Crippen LogP contribution in [0.15, 0.2) is 42.5 Å². The van der Waals surface area contributed by atoms with Crippen LogP contribution in [-0.4, -0.2) is 24.5 Å². The number of methoxy groups -OCH3 is 1. The predicted molar refractivity (Wildman–Crippen MR) is 88.2 cm³/mol. The van der Waals surface area contributed by atoms with E-state index in [1.165, 1.54) is 25.3 Å². The highest BCUT2D eigenvalue weighted by atomic mass is 35.5. The Morgan fingerprint density at radius 1 is 1.30 bits per heavy atom. The Labute approximate surface area is 137 Å². The summed E-state index contributed by atoms with van der Waals surface area (Å²) in [5.74, 6) is -0.0320. The normalized spacial score (nSPS) is 10.0. The average Bonchev–Trinajstić information content (AvgIpc) is 2.53. The van der Waals surface area contributed by atoms with E-state index in [1.54, 1.807) is 24.3 Å². The summed E-state index contributed by atoms with van der Waals surface area (Å²) in [6.45, 7) is -0.0216. The van der Waals surface area contributed by atoms with Crippen LogP contribution in [0, 0.1) is 10.1 Å². The first-order valence-corrected chi connectivity index (χ1v) is 6.99. The molecule has 2 N–H and O–H groups in total. The molecule has 7 nitrogen and oxygen atoms in total. The molecule has 23 heavy (non-hydrogen) atoms. The molecule has 8 heteroatoms. The SMILES string of the molecule is COc1ccc([N+](=O)[O-])cc1NC(=O)CNc1cccc(Cl)c1. The minimum absolute atomic E-state index is 0.0216. The summed E-state index contributed by atoms with van der Waals surface area (Å²) in [6, 6.07) is 10.9. The number of anilines is 2. The van der Waals surface area contributed by atoms with Gasteiger partial charge in [0.25, 0.3) is 5.69 Å².